The maximum Gasteiger partial charge on any atom is 0.387 e. The Hall–Kier alpha value is -1.24. The molecule has 1 N–H and O–H groups in total. The van der Waals surface area contributed by atoms with Crippen molar-refractivity contribution in [1.82, 2.24) is 9.80 Å². The lowest BCUT2D eigenvalue weighted by Gasteiger charge is -2.35. The number of aliphatic hydroxyl groups excluding tert-OH is 1. The van der Waals surface area contributed by atoms with Crippen molar-refractivity contribution in [1.29, 1.82) is 0 Å². The predicted octanol–water partition coefficient (Wildman–Crippen LogP) is 1.96. The van der Waals surface area contributed by atoms with E-state index in [1.165, 1.54) is 12.1 Å². The molecule has 1 aliphatic rings. The zero-order valence-corrected chi connectivity index (χ0v) is 12.2. The van der Waals surface area contributed by atoms with E-state index in [0.717, 1.165) is 38.3 Å². The van der Waals surface area contributed by atoms with Gasteiger partial charge in [0.25, 0.3) is 0 Å². The number of halogens is 2. The van der Waals surface area contributed by atoms with Gasteiger partial charge in [0.2, 0.25) is 0 Å². The summed E-state index contributed by atoms with van der Waals surface area (Å²) >= 11 is 0. The molecule has 118 valence electrons. The topological polar surface area (TPSA) is 35.9 Å². The number of β-amino-alcohol motifs (C(OH)–C–C–N with tert-alkyl or cyclic N) is 1. The molecule has 1 aromatic carbocycles. The van der Waals surface area contributed by atoms with Gasteiger partial charge in [-0.05, 0) is 24.2 Å². The first-order valence-corrected chi connectivity index (χ1v) is 7.26. The van der Waals surface area contributed by atoms with E-state index in [9.17, 15) is 13.9 Å². The molecule has 1 saturated heterocycles. The van der Waals surface area contributed by atoms with E-state index in [2.05, 4.69) is 21.5 Å². The number of alkyl halides is 2. The number of hydrogen-bond donors (Lipinski definition) is 1. The summed E-state index contributed by atoms with van der Waals surface area (Å²) in [5, 5.41) is 10.2. The van der Waals surface area contributed by atoms with Crippen LogP contribution in [0.4, 0.5) is 8.78 Å². The molecule has 0 saturated carbocycles. The Morgan fingerprint density at radius 2 is 1.67 bits per heavy atom. The molecule has 4 nitrogen and oxygen atoms in total. The second-order valence-electron chi connectivity index (χ2n) is 5.20. The fourth-order valence-electron chi connectivity index (χ4n) is 2.51. The summed E-state index contributed by atoms with van der Waals surface area (Å²) in [6, 6.07) is 6.18. The van der Waals surface area contributed by atoms with Crippen LogP contribution in [0.3, 0.4) is 0 Å². The van der Waals surface area contributed by atoms with E-state index in [1.807, 2.05) is 0 Å². The largest absolute Gasteiger partial charge is 0.435 e. The Balaban J connectivity index is 1.84. The molecule has 1 aromatic rings. The van der Waals surface area contributed by atoms with Crippen molar-refractivity contribution >= 4 is 0 Å². The highest BCUT2D eigenvalue weighted by Crippen LogP contribution is 2.20. The molecule has 0 spiro atoms. The molecule has 1 fully saturated rings. The maximum atomic E-state index is 12.1. The Kier molecular flexibility index (Phi) is 5.90. The van der Waals surface area contributed by atoms with Gasteiger partial charge in [-0.15, -0.1) is 0 Å². The van der Waals surface area contributed by atoms with Crippen LogP contribution in [0.15, 0.2) is 24.3 Å². The minimum Gasteiger partial charge on any atom is -0.435 e. The summed E-state index contributed by atoms with van der Waals surface area (Å²) in [5.41, 5.74) is 0.717. The molecule has 0 aliphatic carbocycles. The molecule has 0 aromatic heterocycles. The normalized spacial score (nSPS) is 18.9. The van der Waals surface area contributed by atoms with Crippen LogP contribution in [-0.4, -0.2) is 60.8 Å². The molecule has 1 unspecified atom stereocenters. The summed E-state index contributed by atoms with van der Waals surface area (Å²) in [6.07, 6.45) is -0.612. The summed E-state index contributed by atoms with van der Waals surface area (Å²) in [7, 11) is 0. The van der Waals surface area contributed by atoms with E-state index in [0.29, 0.717) is 6.54 Å². The number of benzene rings is 1. The number of rotatable bonds is 6. The lowest BCUT2D eigenvalue weighted by atomic mass is 10.1. The van der Waals surface area contributed by atoms with Gasteiger partial charge in [0, 0.05) is 32.7 Å². The molecule has 0 bridgehead atoms. The molecule has 2 rings (SSSR count). The Bertz CT molecular complexity index is 420. The van der Waals surface area contributed by atoms with Gasteiger partial charge in [-0.1, -0.05) is 19.1 Å². The minimum atomic E-state index is -2.82. The van der Waals surface area contributed by atoms with Crippen molar-refractivity contribution in [3.05, 3.63) is 29.8 Å². The number of piperazine rings is 1. The van der Waals surface area contributed by atoms with Gasteiger partial charge in [-0.25, -0.2) is 0 Å². The Labute approximate surface area is 123 Å². The van der Waals surface area contributed by atoms with E-state index in [1.54, 1.807) is 12.1 Å². The summed E-state index contributed by atoms with van der Waals surface area (Å²) in [4.78, 5) is 4.60. The van der Waals surface area contributed by atoms with E-state index < -0.39 is 12.7 Å². The van der Waals surface area contributed by atoms with Gasteiger partial charge in [-0.2, -0.15) is 8.78 Å². The van der Waals surface area contributed by atoms with Crippen LogP contribution >= 0.6 is 0 Å². The highest BCUT2D eigenvalue weighted by molar-refractivity contribution is 5.28. The summed E-state index contributed by atoms with van der Waals surface area (Å²) < 4.78 is 28.4. The quantitative estimate of drug-likeness (QED) is 0.871. The second-order valence-corrected chi connectivity index (χ2v) is 5.20. The molecule has 0 radical (unpaired) electrons. The molecule has 1 atom stereocenters. The molecule has 1 aliphatic heterocycles. The van der Waals surface area contributed by atoms with Gasteiger partial charge >= 0.3 is 6.61 Å². The molecule has 6 heteroatoms. The van der Waals surface area contributed by atoms with E-state index >= 15 is 0 Å². The zero-order valence-electron chi connectivity index (χ0n) is 12.2. The smallest absolute Gasteiger partial charge is 0.387 e. The molecular formula is C15H22F2N2O2. The maximum absolute atomic E-state index is 12.1. The van der Waals surface area contributed by atoms with Crippen LogP contribution in [0.2, 0.25) is 0 Å². The molecule has 21 heavy (non-hydrogen) atoms. The van der Waals surface area contributed by atoms with E-state index in [4.69, 9.17) is 0 Å². The van der Waals surface area contributed by atoms with Crippen LogP contribution in [0.25, 0.3) is 0 Å². The van der Waals surface area contributed by atoms with Crippen molar-refractivity contribution in [2.75, 3.05) is 39.3 Å². The lowest BCUT2D eigenvalue weighted by Crippen LogP contribution is -2.47. The monoisotopic (exact) mass is 300 g/mol. The summed E-state index contributed by atoms with van der Waals surface area (Å²) in [5.74, 6) is 0.109. The zero-order chi connectivity index (χ0) is 15.2. The third kappa shape index (κ3) is 4.91. The van der Waals surface area contributed by atoms with Crippen LogP contribution in [0.5, 0.6) is 5.75 Å². The number of nitrogens with zero attached hydrogens (tertiary/aromatic N) is 2. The van der Waals surface area contributed by atoms with Crippen LogP contribution < -0.4 is 4.74 Å². The number of hydrogen-bond acceptors (Lipinski definition) is 4. The van der Waals surface area contributed by atoms with Crippen molar-refractivity contribution in [3.63, 3.8) is 0 Å². The van der Waals surface area contributed by atoms with Gasteiger partial charge in [0.15, 0.2) is 0 Å². The average Bonchev–Trinajstić information content (AvgIpc) is 2.48. The van der Waals surface area contributed by atoms with Crippen molar-refractivity contribution in [2.24, 2.45) is 0 Å². The lowest BCUT2D eigenvalue weighted by molar-refractivity contribution is -0.0498. The predicted molar refractivity (Wildman–Crippen MR) is 76.6 cm³/mol. The highest BCUT2D eigenvalue weighted by atomic mass is 19.3. The van der Waals surface area contributed by atoms with Gasteiger partial charge in [-0.3, -0.25) is 4.90 Å². The Morgan fingerprint density at radius 1 is 1.10 bits per heavy atom. The van der Waals surface area contributed by atoms with Crippen LogP contribution in [0.1, 0.15) is 18.6 Å². The third-order valence-electron chi connectivity index (χ3n) is 3.83. The first-order chi connectivity index (χ1) is 10.1. The van der Waals surface area contributed by atoms with Gasteiger partial charge in [0.05, 0.1) is 6.10 Å². The Morgan fingerprint density at radius 3 is 2.19 bits per heavy atom. The molecular weight excluding hydrogens is 278 g/mol. The van der Waals surface area contributed by atoms with Crippen LogP contribution in [-0.2, 0) is 0 Å². The van der Waals surface area contributed by atoms with Gasteiger partial charge < -0.3 is 14.7 Å². The minimum absolute atomic E-state index is 0.109. The first kappa shape index (κ1) is 16.1. The average molecular weight is 300 g/mol. The van der Waals surface area contributed by atoms with Gasteiger partial charge in [0.1, 0.15) is 5.75 Å². The van der Waals surface area contributed by atoms with Crippen molar-refractivity contribution < 1.29 is 18.6 Å². The second kappa shape index (κ2) is 7.68. The molecule has 0 amide bonds. The number of ether oxygens (including phenoxy) is 1. The number of aliphatic hydroxyl groups is 1. The molecule has 1 heterocycles. The van der Waals surface area contributed by atoms with Crippen molar-refractivity contribution in [3.8, 4) is 5.75 Å². The van der Waals surface area contributed by atoms with Crippen molar-refractivity contribution in [2.45, 2.75) is 19.6 Å². The standard InChI is InChI=1S/C15H22F2N2O2/c1-2-18-7-9-19(10-8-18)11-14(20)12-3-5-13(6-4-12)21-15(16)17/h3-6,14-15,20H,2,7-11H2,1H3. The third-order valence-corrected chi connectivity index (χ3v) is 3.83. The fraction of sp³-hybridized carbons (Fsp3) is 0.600. The van der Waals surface area contributed by atoms with Crippen LogP contribution in [0, 0.1) is 0 Å². The first-order valence-electron chi connectivity index (χ1n) is 7.26. The van der Waals surface area contributed by atoms with E-state index in [-0.39, 0.29) is 5.75 Å². The fourth-order valence-corrected chi connectivity index (χ4v) is 2.51. The highest BCUT2D eigenvalue weighted by Gasteiger charge is 2.19. The summed E-state index contributed by atoms with van der Waals surface area (Å²) in [6.45, 7) is 4.86. The number of likely N-dealkylation sites (N-methyl/N-ethyl adjacent to an activating group) is 1. The SMILES string of the molecule is CCN1CCN(CC(O)c2ccc(OC(F)F)cc2)CC1.